The van der Waals surface area contributed by atoms with Gasteiger partial charge in [0.15, 0.2) is 5.69 Å². The first-order valence-corrected chi connectivity index (χ1v) is 10.0. The summed E-state index contributed by atoms with van der Waals surface area (Å²) in [6.07, 6.45) is -3.47. The second-order valence-corrected chi connectivity index (χ2v) is 7.77. The zero-order chi connectivity index (χ0) is 21.3. The van der Waals surface area contributed by atoms with Gasteiger partial charge in [-0.25, -0.2) is 4.68 Å². The van der Waals surface area contributed by atoms with Crippen LogP contribution in [-0.2, 0) is 10.9 Å². The Labute approximate surface area is 179 Å². The van der Waals surface area contributed by atoms with Gasteiger partial charge in [-0.15, -0.1) is 0 Å². The highest BCUT2D eigenvalue weighted by molar-refractivity contribution is 9.10. The number of carbonyl (C=O) groups excluding carboxylic acids is 1. The molecule has 1 aliphatic heterocycles. The van der Waals surface area contributed by atoms with Crippen molar-refractivity contribution >= 4 is 21.8 Å². The van der Waals surface area contributed by atoms with Crippen LogP contribution in [0, 0.1) is 0 Å². The molecule has 1 atom stereocenters. The Morgan fingerprint density at radius 1 is 1.07 bits per heavy atom. The molecule has 0 saturated carbocycles. The summed E-state index contributed by atoms with van der Waals surface area (Å²) in [6, 6.07) is 15.0. The van der Waals surface area contributed by atoms with Crippen LogP contribution in [0.1, 0.15) is 27.7 Å². The van der Waals surface area contributed by atoms with E-state index in [4.69, 9.17) is 4.74 Å². The van der Waals surface area contributed by atoms with Crippen molar-refractivity contribution in [3.05, 3.63) is 82.1 Å². The lowest BCUT2D eigenvalue weighted by Gasteiger charge is -2.33. The summed E-state index contributed by atoms with van der Waals surface area (Å²) < 4.78 is 46.1. The molecule has 1 amide bonds. The van der Waals surface area contributed by atoms with Crippen LogP contribution in [0.3, 0.4) is 0 Å². The normalized spacial score (nSPS) is 17.2. The summed E-state index contributed by atoms with van der Waals surface area (Å²) in [5.74, 6) is -0.150. The molecule has 156 valence electrons. The smallest absolute Gasteiger partial charge is 0.370 e. The SMILES string of the molecule is O=C(c1ccc(-n2ccc(C(F)(F)F)n2)cc1)N1CCOC(c2ccc(Br)cc2)C1. The highest BCUT2D eigenvalue weighted by atomic mass is 79.9. The van der Waals surface area contributed by atoms with Gasteiger partial charge < -0.3 is 9.64 Å². The van der Waals surface area contributed by atoms with E-state index >= 15 is 0 Å². The molecule has 0 N–H and O–H groups in total. The molecule has 1 saturated heterocycles. The first-order valence-electron chi connectivity index (χ1n) is 9.21. The quantitative estimate of drug-likeness (QED) is 0.538. The van der Waals surface area contributed by atoms with Gasteiger partial charge in [0.05, 0.1) is 18.8 Å². The second kappa shape index (κ2) is 8.23. The van der Waals surface area contributed by atoms with Crippen molar-refractivity contribution in [3.8, 4) is 5.69 Å². The minimum Gasteiger partial charge on any atom is -0.370 e. The third kappa shape index (κ3) is 4.41. The maximum atomic E-state index is 12.9. The first-order chi connectivity index (χ1) is 14.3. The predicted octanol–water partition coefficient (Wildman–Crippen LogP) is 4.87. The number of morpholine rings is 1. The van der Waals surface area contributed by atoms with Crippen molar-refractivity contribution in [1.82, 2.24) is 14.7 Å². The lowest BCUT2D eigenvalue weighted by Crippen LogP contribution is -2.42. The Morgan fingerprint density at radius 3 is 2.40 bits per heavy atom. The van der Waals surface area contributed by atoms with Gasteiger partial charge >= 0.3 is 6.18 Å². The lowest BCUT2D eigenvalue weighted by atomic mass is 10.1. The molecular formula is C21H17BrF3N3O2. The van der Waals surface area contributed by atoms with Gasteiger partial charge in [-0.3, -0.25) is 4.79 Å². The van der Waals surface area contributed by atoms with Crippen LogP contribution in [-0.4, -0.2) is 40.3 Å². The Bertz CT molecular complexity index is 1030. The van der Waals surface area contributed by atoms with E-state index in [-0.39, 0.29) is 12.0 Å². The van der Waals surface area contributed by atoms with Gasteiger partial charge in [-0.1, -0.05) is 28.1 Å². The van der Waals surface area contributed by atoms with Gasteiger partial charge in [-0.05, 0) is 48.0 Å². The van der Waals surface area contributed by atoms with E-state index in [0.29, 0.717) is 30.9 Å². The number of benzene rings is 2. The molecule has 30 heavy (non-hydrogen) atoms. The molecule has 1 aromatic heterocycles. The van der Waals surface area contributed by atoms with Crippen molar-refractivity contribution in [2.45, 2.75) is 12.3 Å². The molecule has 3 aromatic rings. The maximum Gasteiger partial charge on any atom is 0.435 e. The van der Waals surface area contributed by atoms with Crippen LogP contribution >= 0.6 is 15.9 Å². The van der Waals surface area contributed by atoms with E-state index in [1.165, 1.54) is 6.20 Å². The minimum atomic E-state index is -4.50. The second-order valence-electron chi connectivity index (χ2n) is 6.85. The number of nitrogens with zero attached hydrogens (tertiary/aromatic N) is 3. The van der Waals surface area contributed by atoms with E-state index in [1.54, 1.807) is 29.2 Å². The number of hydrogen-bond acceptors (Lipinski definition) is 3. The minimum absolute atomic E-state index is 0.150. The number of alkyl halides is 3. The van der Waals surface area contributed by atoms with Crippen molar-refractivity contribution in [1.29, 1.82) is 0 Å². The fourth-order valence-electron chi connectivity index (χ4n) is 3.27. The van der Waals surface area contributed by atoms with E-state index in [1.807, 2.05) is 24.3 Å². The van der Waals surface area contributed by atoms with E-state index < -0.39 is 11.9 Å². The maximum absolute atomic E-state index is 12.9. The Balaban J connectivity index is 1.46. The summed E-state index contributed by atoms with van der Waals surface area (Å²) in [4.78, 5) is 14.6. The number of rotatable bonds is 3. The van der Waals surface area contributed by atoms with Crippen LogP contribution in [0.5, 0.6) is 0 Å². The molecule has 1 fully saturated rings. The standard InChI is InChI=1S/C21H17BrF3N3O2/c22-16-5-1-14(2-6-16)18-13-27(11-12-30-18)20(29)15-3-7-17(8-4-15)28-10-9-19(26-28)21(23,24)25/h1-10,18H,11-13H2. The number of aromatic nitrogens is 2. The van der Waals surface area contributed by atoms with Gasteiger partial charge in [0.1, 0.15) is 6.10 Å². The number of amides is 1. The zero-order valence-electron chi connectivity index (χ0n) is 15.6. The van der Waals surface area contributed by atoms with E-state index in [9.17, 15) is 18.0 Å². The summed E-state index contributed by atoms with van der Waals surface area (Å²) in [5.41, 5.74) is 0.926. The highest BCUT2D eigenvalue weighted by Gasteiger charge is 2.33. The molecule has 0 aliphatic carbocycles. The summed E-state index contributed by atoms with van der Waals surface area (Å²) in [7, 11) is 0. The predicted molar refractivity (Wildman–Crippen MR) is 107 cm³/mol. The number of carbonyl (C=O) groups is 1. The molecule has 0 bridgehead atoms. The first kappa shape index (κ1) is 20.6. The molecule has 5 nitrogen and oxygen atoms in total. The van der Waals surface area contributed by atoms with Crippen LogP contribution < -0.4 is 0 Å². The Kier molecular flexibility index (Phi) is 5.66. The van der Waals surface area contributed by atoms with E-state index in [0.717, 1.165) is 20.8 Å². The van der Waals surface area contributed by atoms with Crippen LogP contribution in [0.4, 0.5) is 13.2 Å². The van der Waals surface area contributed by atoms with Gasteiger partial charge in [0.25, 0.3) is 5.91 Å². The van der Waals surface area contributed by atoms with Crippen LogP contribution in [0.2, 0.25) is 0 Å². The van der Waals surface area contributed by atoms with E-state index in [2.05, 4.69) is 21.0 Å². The monoisotopic (exact) mass is 479 g/mol. The van der Waals surface area contributed by atoms with Crippen molar-refractivity contribution < 1.29 is 22.7 Å². The van der Waals surface area contributed by atoms with Gasteiger partial charge in [0.2, 0.25) is 0 Å². The molecule has 1 unspecified atom stereocenters. The topological polar surface area (TPSA) is 47.4 Å². The molecule has 2 aromatic carbocycles. The molecule has 0 spiro atoms. The number of halogens is 4. The number of ether oxygens (including phenoxy) is 1. The number of hydrogen-bond donors (Lipinski definition) is 0. The van der Waals surface area contributed by atoms with Crippen LogP contribution in [0.15, 0.2) is 65.3 Å². The summed E-state index contributed by atoms with van der Waals surface area (Å²) >= 11 is 3.40. The van der Waals surface area contributed by atoms with Crippen molar-refractivity contribution in [3.63, 3.8) is 0 Å². The molecule has 1 aliphatic rings. The largest absolute Gasteiger partial charge is 0.435 e. The molecule has 4 rings (SSSR count). The Morgan fingerprint density at radius 2 is 1.77 bits per heavy atom. The summed E-state index contributed by atoms with van der Waals surface area (Å²) in [5, 5.41) is 3.54. The fraction of sp³-hybridized carbons (Fsp3) is 0.238. The van der Waals surface area contributed by atoms with Crippen molar-refractivity contribution in [2.75, 3.05) is 19.7 Å². The average molecular weight is 480 g/mol. The third-order valence-corrected chi connectivity index (χ3v) is 5.38. The molecular weight excluding hydrogens is 463 g/mol. The van der Waals surface area contributed by atoms with Crippen LogP contribution in [0.25, 0.3) is 5.69 Å². The van der Waals surface area contributed by atoms with Crippen molar-refractivity contribution in [2.24, 2.45) is 0 Å². The third-order valence-electron chi connectivity index (χ3n) is 4.85. The Hall–Kier alpha value is -2.65. The van der Waals surface area contributed by atoms with Gasteiger partial charge in [-0.2, -0.15) is 18.3 Å². The summed E-state index contributed by atoms with van der Waals surface area (Å²) in [6.45, 7) is 1.33. The van der Waals surface area contributed by atoms with Gasteiger partial charge in [0, 0.05) is 22.8 Å². The molecule has 2 heterocycles. The molecule has 9 heteroatoms. The average Bonchev–Trinajstić information content (AvgIpc) is 3.25. The lowest BCUT2D eigenvalue weighted by molar-refractivity contribution is -0.141. The molecule has 0 radical (unpaired) electrons. The highest BCUT2D eigenvalue weighted by Crippen LogP contribution is 2.28. The zero-order valence-corrected chi connectivity index (χ0v) is 17.2. The fourth-order valence-corrected chi connectivity index (χ4v) is 3.54.